The van der Waals surface area contributed by atoms with Crippen molar-refractivity contribution in [3.05, 3.63) is 16.1 Å². The lowest BCUT2D eigenvalue weighted by Crippen LogP contribution is -2.53. The number of aromatic nitrogens is 1. The topological polar surface area (TPSA) is 56.7 Å². The molecule has 1 aromatic heterocycles. The first-order chi connectivity index (χ1) is 10.2. The van der Waals surface area contributed by atoms with Gasteiger partial charge in [0.25, 0.3) is 5.91 Å². The molecule has 1 N–H and O–H groups in total. The van der Waals surface area contributed by atoms with Crippen LogP contribution in [0.25, 0.3) is 0 Å². The second kappa shape index (κ2) is 6.42. The first kappa shape index (κ1) is 14.9. The predicted octanol–water partition coefficient (Wildman–Crippen LogP) is 1.38. The number of amides is 1. The highest BCUT2D eigenvalue weighted by molar-refractivity contribution is 7.13. The zero-order valence-corrected chi connectivity index (χ0v) is 13.3. The maximum Gasteiger partial charge on any atom is 0.265 e. The van der Waals surface area contributed by atoms with E-state index in [1.54, 1.807) is 6.20 Å². The Morgan fingerprint density at radius 3 is 2.71 bits per heavy atom. The van der Waals surface area contributed by atoms with Gasteiger partial charge in [-0.1, -0.05) is 6.92 Å². The molecular formula is C15H23N3O2S. The monoisotopic (exact) mass is 309 g/mol. The van der Waals surface area contributed by atoms with Gasteiger partial charge in [0.05, 0.1) is 17.3 Å². The van der Waals surface area contributed by atoms with Crippen LogP contribution < -0.4 is 0 Å². The fourth-order valence-corrected chi connectivity index (χ4v) is 4.16. The quantitative estimate of drug-likeness (QED) is 0.916. The van der Waals surface area contributed by atoms with Crippen LogP contribution in [0.15, 0.2) is 6.20 Å². The molecule has 2 atom stereocenters. The lowest BCUT2D eigenvalue weighted by molar-refractivity contribution is 0.0317. The molecule has 2 aliphatic rings. The average molecular weight is 309 g/mol. The Hall–Kier alpha value is -0.980. The highest BCUT2D eigenvalue weighted by Crippen LogP contribution is 2.25. The van der Waals surface area contributed by atoms with E-state index in [1.807, 2.05) is 4.90 Å². The number of nitrogens with zero attached hydrogens (tertiary/aromatic N) is 3. The van der Waals surface area contributed by atoms with Gasteiger partial charge in [-0.05, 0) is 25.7 Å². The van der Waals surface area contributed by atoms with Crippen LogP contribution in [0.5, 0.6) is 0 Å². The summed E-state index contributed by atoms with van der Waals surface area (Å²) in [7, 11) is 0. The van der Waals surface area contributed by atoms with Crippen molar-refractivity contribution < 1.29 is 9.90 Å². The first-order valence-electron chi connectivity index (χ1n) is 7.85. The molecular weight excluding hydrogens is 286 g/mol. The van der Waals surface area contributed by atoms with Crippen molar-refractivity contribution in [1.82, 2.24) is 14.8 Å². The van der Waals surface area contributed by atoms with E-state index in [0.717, 1.165) is 61.7 Å². The predicted molar refractivity (Wildman–Crippen MR) is 82.6 cm³/mol. The third kappa shape index (κ3) is 3.12. The zero-order chi connectivity index (χ0) is 14.8. The minimum atomic E-state index is -0.180. The summed E-state index contributed by atoms with van der Waals surface area (Å²) in [5, 5.41) is 11.0. The normalized spacial score (nSPS) is 27.2. The highest BCUT2D eigenvalue weighted by atomic mass is 32.1. The van der Waals surface area contributed by atoms with Crippen molar-refractivity contribution in [2.45, 2.75) is 44.8 Å². The highest BCUT2D eigenvalue weighted by Gasteiger charge is 2.33. The standard InChI is InChI=1S/C15H23N3O2S/c1-2-14-16-10-13(21-14)15(20)18-8-6-17(7-9-18)11-4-3-5-12(11)19/h10-12,19H,2-9H2,1H3/t11-,12+/m1/s1. The fraction of sp³-hybridized carbons (Fsp3) is 0.733. The largest absolute Gasteiger partial charge is 0.391 e. The van der Waals surface area contributed by atoms with E-state index in [4.69, 9.17) is 0 Å². The molecule has 0 unspecified atom stereocenters. The number of carbonyl (C=O) groups is 1. The lowest BCUT2D eigenvalue weighted by Gasteiger charge is -2.38. The van der Waals surface area contributed by atoms with Crippen molar-refractivity contribution in [1.29, 1.82) is 0 Å². The fourth-order valence-electron chi connectivity index (χ4n) is 3.33. The molecule has 2 fully saturated rings. The van der Waals surface area contributed by atoms with Gasteiger partial charge in [0.15, 0.2) is 0 Å². The van der Waals surface area contributed by atoms with Crippen molar-refractivity contribution in [3.8, 4) is 0 Å². The maximum atomic E-state index is 12.4. The minimum absolute atomic E-state index is 0.110. The number of aliphatic hydroxyl groups excluding tert-OH is 1. The van der Waals surface area contributed by atoms with Gasteiger partial charge in [0.2, 0.25) is 0 Å². The second-order valence-electron chi connectivity index (χ2n) is 5.87. The SMILES string of the molecule is CCc1ncc(C(=O)N2CCN([C@@H]3CCC[C@@H]3O)CC2)s1. The summed E-state index contributed by atoms with van der Waals surface area (Å²) in [5.74, 6) is 0.110. The number of piperazine rings is 1. The molecule has 1 aromatic rings. The van der Waals surface area contributed by atoms with Gasteiger partial charge in [-0.2, -0.15) is 0 Å². The van der Waals surface area contributed by atoms with Gasteiger partial charge in [-0.25, -0.2) is 4.98 Å². The molecule has 2 heterocycles. The van der Waals surface area contributed by atoms with Crippen LogP contribution in [-0.4, -0.2) is 64.1 Å². The molecule has 1 saturated heterocycles. The molecule has 5 nitrogen and oxygen atoms in total. The zero-order valence-electron chi connectivity index (χ0n) is 12.5. The van der Waals surface area contributed by atoms with Crippen LogP contribution in [0.2, 0.25) is 0 Å². The summed E-state index contributed by atoms with van der Waals surface area (Å²) in [6, 6.07) is 0.303. The van der Waals surface area contributed by atoms with Crippen LogP contribution in [0, 0.1) is 0 Å². The summed E-state index contributed by atoms with van der Waals surface area (Å²) in [6.07, 6.45) is 5.53. The summed E-state index contributed by atoms with van der Waals surface area (Å²) >= 11 is 1.51. The van der Waals surface area contributed by atoms with Crippen LogP contribution in [0.4, 0.5) is 0 Å². The van der Waals surface area contributed by atoms with Gasteiger partial charge in [-0.3, -0.25) is 9.69 Å². The Labute approximate surface area is 129 Å². The molecule has 0 radical (unpaired) electrons. The smallest absolute Gasteiger partial charge is 0.265 e. The van der Waals surface area contributed by atoms with Crippen LogP contribution in [-0.2, 0) is 6.42 Å². The van der Waals surface area contributed by atoms with E-state index in [0.29, 0.717) is 6.04 Å². The van der Waals surface area contributed by atoms with Crippen LogP contribution in [0.1, 0.15) is 40.9 Å². The van der Waals surface area contributed by atoms with E-state index in [2.05, 4.69) is 16.8 Å². The molecule has 6 heteroatoms. The third-order valence-corrected chi connectivity index (χ3v) is 5.71. The molecule has 21 heavy (non-hydrogen) atoms. The Morgan fingerprint density at radius 2 is 2.14 bits per heavy atom. The van der Waals surface area contributed by atoms with Crippen molar-refractivity contribution in [3.63, 3.8) is 0 Å². The molecule has 1 aliphatic carbocycles. The summed E-state index contributed by atoms with van der Waals surface area (Å²) in [6.45, 7) is 5.29. The lowest BCUT2D eigenvalue weighted by atomic mass is 10.1. The van der Waals surface area contributed by atoms with E-state index >= 15 is 0 Å². The number of hydrogen-bond acceptors (Lipinski definition) is 5. The third-order valence-electron chi connectivity index (χ3n) is 4.58. The van der Waals surface area contributed by atoms with Crippen LogP contribution >= 0.6 is 11.3 Å². The molecule has 1 amide bonds. The van der Waals surface area contributed by atoms with E-state index in [-0.39, 0.29) is 12.0 Å². The molecule has 0 aromatic carbocycles. The van der Waals surface area contributed by atoms with E-state index < -0.39 is 0 Å². The maximum absolute atomic E-state index is 12.4. The van der Waals surface area contributed by atoms with Crippen molar-refractivity contribution in [2.24, 2.45) is 0 Å². The molecule has 116 valence electrons. The average Bonchev–Trinajstić information content (AvgIpc) is 3.15. The Balaban J connectivity index is 1.56. The summed E-state index contributed by atoms with van der Waals surface area (Å²) in [5.41, 5.74) is 0. The summed E-state index contributed by atoms with van der Waals surface area (Å²) in [4.78, 5) is 21.7. The Morgan fingerprint density at radius 1 is 1.38 bits per heavy atom. The minimum Gasteiger partial charge on any atom is -0.391 e. The van der Waals surface area contributed by atoms with Gasteiger partial charge in [-0.15, -0.1) is 11.3 Å². The van der Waals surface area contributed by atoms with Gasteiger partial charge in [0.1, 0.15) is 4.88 Å². The van der Waals surface area contributed by atoms with Gasteiger partial charge < -0.3 is 10.0 Å². The number of aryl methyl sites for hydroxylation is 1. The molecule has 1 aliphatic heterocycles. The number of carbonyl (C=O) groups excluding carboxylic acids is 1. The molecule has 0 bridgehead atoms. The van der Waals surface area contributed by atoms with Crippen LogP contribution in [0.3, 0.4) is 0 Å². The molecule has 3 rings (SSSR count). The summed E-state index contributed by atoms with van der Waals surface area (Å²) < 4.78 is 0. The number of rotatable bonds is 3. The second-order valence-corrected chi connectivity index (χ2v) is 6.98. The molecule has 1 saturated carbocycles. The Kier molecular flexibility index (Phi) is 4.57. The molecule has 0 spiro atoms. The Bertz CT molecular complexity index is 497. The number of thiazole rings is 1. The van der Waals surface area contributed by atoms with Gasteiger partial charge >= 0.3 is 0 Å². The van der Waals surface area contributed by atoms with Crippen molar-refractivity contribution >= 4 is 17.2 Å². The number of aliphatic hydroxyl groups is 1. The number of hydrogen-bond donors (Lipinski definition) is 1. The van der Waals surface area contributed by atoms with Gasteiger partial charge in [0, 0.05) is 32.2 Å². The van der Waals surface area contributed by atoms with Crippen molar-refractivity contribution in [2.75, 3.05) is 26.2 Å². The van der Waals surface area contributed by atoms with E-state index in [9.17, 15) is 9.90 Å². The first-order valence-corrected chi connectivity index (χ1v) is 8.66. The van der Waals surface area contributed by atoms with E-state index in [1.165, 1.54) is 11.3 Å².